The molecule has 4 N–H and O–H groups in total. The predicted octanol–water partition coefficient (Wildman–Crippen LogP) is 1.43. The zero-order valence-electron chi connectivity index (χ0n) is 31.3. The molecular formula is C37H36O19. The van der Waals surface area contributed by atoms with E-state index in [4.69, 9.17) is 28.1 Å². The lowest BCUT2D eigenvalue weighted by Gasteiger charge is -2.56. The number of fused-ring (bicyclic) bond motifs is 1. The van der Waals surface area contributed by atoms with Crippen LogP contribution in [0.25, 0.3) is 22.3 Å². The van der Waals surface area contributed by atoms with E-state index >= 15 is 0 Å². The molecule has 0 radical (unpaired) electrons. The number of aliphatic hydroxyl groups is 3. The molecule has 0 spiro atoms. The Balaban J connectivity index is 2.27. The van der Waals surface area contributed by atoms with Gasteiger partial charge in [0.15, 0.2) is 63.1 Å². The summed E-state index contributed by atoms with van der Waals surface area (Å²) < 4.78 is 32.9. The van der Waals surface area contributed by atoms with Gasteiger partial charge in [-0.3, -0.25) is 43.2 Å². The smallest absolute Gasteiger partial charge is 0.308 e. The van der Waals surface area contributed by atoms with E-state index in [2.05, 4.69) is 0 Å². The zero-order valence-corrected chi connectivity index (χ0v) is 31.3. The third kappa shape index (κ3) is 6.53. The van der Waals surface area contributed by atoms with Gasteiger partial charge in [0.05, 0.1) is 6.10 Å². The molecule has 2 aromatic carbocycles. The molecule has 1 saturated heterocycles. The van der Waals surface area contributed by atoms with Crippen molar-refractivity contribution in [3.8, 4) is 40.1 Å². The standard InChI is InChI=1S/C37H36O19/c1-13(38)25-28(46)27-29(47)33(56-34-36(49,16(4)41)37(50,17(5)42)35(48,15(3)40)18(6)51-34)30(55-32(27)26(14(2)39)31(25)54-21(9)45)22-10-11-23(52-19(7)43)24(12-22)53-20(8)44/h10-12,18,34,46,48-50H,1-9H3/t18-,34-,35+,36-,37+/m0/s1. The molecule has 19 heteroatoms. The van der Waals surface area contributed by atoms with E-state index in [1.165, 1.54) is 0 Å². The lowest BCUT2D eigenvalue weighted by molar-refractivity contribution is -0.347. The first-order valence-corrected chi connectivity index (χ1v) is 16.4. The number of phenolic OH excluding ortho intramolecular Hbond substituents is 1. The molecule has 1 aliphatic heterocycles. The van der Waals surface area contributed by atoms with Gasteiger partial charge in [0, 0.05) is 26.3 Å². The van der Waals surface area contributed by atoms with Crippen molar-refractivity contribution in [1.29, 1.82) is 0 Å². The Bertz CT molecular complexity index is 2340. The van der Waals surface area contributed by atoms with Crippen LogP contribution in [-0.2, 0) is 33.5 Å². The fraction of sp³-hybridized carbons (Fsp3) is 0.378. The summed E-state index contributed by atoms with van der Waals surface area (Å²) in [5, 5.41) is 45.8. The van der Waals surface area contributed by atoms with Gasteiger partial charge in [0.2, 0.25) is 28.7 Å². The molecule has 0 amide bonds. The summed E-state index contributed by atoms with van der Waals surface area (Å²) in [5.74, 6) is -14.1. The average molecular weight is 785 g/mol. The maximum atomic E-state index is 14.7. The Labute approximate surface area is 315 Å². The number of carbonyl (C=O) groups excluding carboxylic acids is 8. The number of ketones is 5. The minimum Gasteiger partial charge on any atom is -0.506 e. The van der Waals surface area contributed by atoms with Gasteiger partial charge < -0.3 is 48.5 Å². The highest BCUT2D eigenvalue weighted by Gasteiger charge is 2.78. The number of hydrogen-bond acceptors (Lipinski definition) is 19. The van der Waals surface area contributed by atoms with E-state index in [0.29, 0.717) is 13.8 Å². The molecule has 0 bridgehead atoms. The van der Waals surface area contributed by atoms with Gasteiger partial charge in [-0.25, -0.2) is 0 Å². The van der Waals surface area contributed by atoms with Crippen molar-refractivity contribution in [2.45, 2.75) is 91.5 Å². The summed E-state index contributed by atoms with van der Waals surface area (Å²) in [5.41, 5.74) is -15.0. The van der Waals surface area contributed by atoms with Crippen LogP contribution in [0.3, 0.4) is 0 Å². The molecule has 4 rings (SSSR count). The van der Waals surface area contributed by atoms with Crippen LogP contribution in [0, 0.1) is 0 Å². The van der Waals surface area contributed by atoms with Crippen LogP contribution in [0.5, 0.6) is 28.7 Å². The van der Waals surface area contributed by atoms with Crippen LogP contribution in [0.1, 0.15) is 83.0 Å². The van der Waals surface area contributed by atoms with Crippen LogP contribution in [-0.4, -0.2) is 96.4 Å². The van der Waals surface area contributed by atoms with E-state index in [1.807, 2.05) is 0 Å². The Morgan fingerprint density at radius 3 is 1.66 bits per heavy atom. The molecule has 1 aliphatic rings. The summed E-state index contributed by atoms with van der Waals surface area (Å²) in [4.78, 5) is 116. The van der Waals surface area contributed by atoms with Crippen molar-refractivity contribution < 1.29 is 86.9 Å². The molecule has 19 nitrogen and oxygen atoms in total. The monoisotopic (exact) mass is 784 g/mol. The van der Waals surface area contributed by atoms with Crippen LogP contribution in [0.4, 0.5) is 0 Å². The van der Waals surface area contributed by atoms with Gasteiger partial charge in [-0.05, 0) is 59.7 Å². The fourth-order valence-electron chi connectivity index (χ4n) is 6.54. The van der Waals surface area contributed by atoms with Gasteiger partial charge >= 0.3 is 17.9 Å². The molecular weight excluding hydrogens is 748 g/mol. The Kier molecular flexibility index (Phi) is 11.3. The second-order valence-electron chi connectivity index (χ2n) is 12.9. The Morgan fingerprint density at radius 2 is 1.20 bits per heavy atom. The summed E-state index contributed by atoms with van der Waals surface area (Å²) in [6, 6.07) is 3.11. The second-order valence-corrected chi connectivity index (χ2v) is 12.9. The fourth-order valence-corrected chi connectivity index (χ4v) is 6.54. The lowest BCUT2D eigenvalue weighted by atomic mass is 9.61. The number of rotatable bonds is 11. The molecule has 0 aliphatic carbocycles. The third-order valence-electron chi connectivity index (χ3n) is 9.06. The van der Waals surface area contributed by atoms with Crippen molar-refractivity contribution >= 4 is 57.8 Å². The molecule has 2 heterocycles. The maximum Gasteiger partial charge on any atom is 0.308 e. The largest absolute Gasteiger partial charge is 0.506 e. The first kappa shape index (κ1) is 42.6. The SMILES string of the molecule is CC(=O)Oc1ccc(-c2oc3c(C(C)=O)c(OC(C)=O)c(C(C)=O)c(O)c3c(=O)c2O[C@@H]2O[C@@H](C)[C@](O)(C(C)=O)[C@](O)(C(C)=O)[C@]2(O)C(C)=O)cc1OC(C)=O. The van der Waals surface area contributed by atoms with Crippen molar-refractivity contribution in [3.05, 3.63) is 39.5 Å². The Hall–Kier alpha value is -6.15. The van der Waals surface area contributed by atoms with Crippen molar-refractivity contribution in [3.63, 3.8) is 0 Å². The van der Waals surface area contributed by atoms with Crippen LogP contribution < -0.4 is 24.4 Å². The zero-order chi connectivity index (χ0) is 42.6. The van der Waals surface area contributed by atoms with Gasteiger partial charge in [0.1, 0.15) is 22.3 Å². The summed E-state index contributed by atoms with van der Waals surface area (Å²) in [7, 11) is 0. The Morgan fingerprint density at radius 1 is 0.679 bits per heavy atom. The molecule has 0 saturated carbocycles. The highest BCUT2D eigenvalue weighted by molar-refractivity contribution is 6.16. The van der Waals surface area contributed by atoms with Crippen molar-refractivity contribution in [2.75, 3.05) is 0 Å². The molecule has 298 valence electrons. The minimum absolute atomic E-state index is 0.335. The number of aromatic hydroxyl groups is 1. The number of benzene rings is 2. The van der Waals surface area contributed by atoms with Crippen LogP contribution in [0.2, 0.25) is 0 Å². The van der Waals surface area contributed by atoms with E-state index in [9.17, 15) is 63.6 Å². The van der Waals surface area contributed by atoms with Crippen molar-refractivity contribution in [1.82, 2.24) is 0 Å². The normalized spacial score (nSPS) is 23.1. The van der Waals surface area contributed by atoms with E-state index in [1.54, 1.807) is 0 Å². The van der Waals surface area contributed by atoms with E-state index in [-0.39, 0.29) is 11.3 Å². The number of hydrogen-bond donors (Lipinski definition) is 4. The number of phenols is 1. The number of Topliss-reactive ketones (excluding diaryl/α,β-unsaturated/α-hetero) is 5. The van der Waals surface area contributed by atoms with E-state index in [0.717, 1.165) is 66.7 Å². The van der Waals surface area contributed by atoms with Crippen LogP contribution in [0.15, 0.2) is 27.4 Å². The first-order valence-electron chi connectivity index (χ1n) is 16.4. The number of carbonyl (C=O) groups is 8. The predicted molar refractivity (Wildman–Crippen MR) is 185 cm³/mol. The maximum absolute atomic E-state index is 14.7. The third-order valence-corrected chi connectivity index (χ3v) is 9.06. The average Bonchev–Trinajstić information content (AvgIpc) is 3.06. The quantitative estimate of drug-likeness (QED) is 0.121. The molecule has 0 unspecified atom stereocenters. The molecule has 1 fully saturated rings. The topological polar surface area (TPSA) is 294 Å². The lowest BCUT2D eigenvalue weighted by Crippen LogP contribution is -2.86. The highest BCUT2D eigenvalue weighted by atomic mass is 16.7. The molecule has 1 aromatic heterocycles. The van der Waals surface area contributed by atoms with Gasteiger partial charge in [-0.2, -0.15) is 0 Å². The van der Waals surface area contributed by atoms with Crippen molar-refractivity contribution in [2.24, 2.45) is 0 Å². The first-order chi connectivity index (χ1) is 25.8. The number of ether oxygens (including phenoxy) is 5. The number of esters is 3. The molecule has 56 heavy (non-hydrogen) atoms. The van der Waals surface area contributed by atoms with Gasteiger partial charge in [-0.15, -0.1) is 0 Å². The summed E-state index contributed by atoms with van der Waals surface area (Å²) >= 11 is 0. The van der Waals surface area contributed by atoms with Crippen LogP contribution >= 0.6 is 0 Å². The highest BCUT2D eigenvalue weighted by Crippen LogP contribution is 2.49. The minimum atomic E-state index is -3.73. The molecule has 3 aromatic rings. The van der Waals surface area contributed by atoms with Gasteiger partial charge in [-0.1, -0.05) is 0 Å². The summed E-state index contributed by atoms with van der Waals surface area (Å²) in [6.45, 7) is 7.73. The molecule has 5 atom stereocenters. The van der Waals surface area contributed by atoms with E-state index < -0.39 is 132 Å². The summed E-state index contributed by atoms with van der Waals surface area (Å²) in [6.07, 6.45) is -4.68. The second kappa shape index (κ2) is 14.8. The van der Waals surface area contributed by atoms with Gasteiger partial charge in [0.25, 0.3) is 0 Å².